The van der Waals surface area contributed by atoms with Gasteiger partial charge in [0.25, 0.3) is 5.91 Å². The molecule has 1 N–H and O–H groups in total. The number of nitrogens with zero attached hydrogens (tertiary/aromatic N) is 1. The van der Waals surface area contributed by atoms with Crippen molar-refractivity contribution in [2.24, 2.45) is 23.7 Å². The third-order valence-corrected chi connectivity index (χ3v) is 5.95. The molecular formula is C21H22N2O6. The zero-order chi connectivity index (χ0) is 20.7. The number of carbonyl (C=O) groups is 4. The molecule has 8 nitrogen and oxygen atoms in total. The number of carbonyl (C=O) groups excluding carboxylic acids is 4. The van der Waals surface area contributed by atoms with Crippen molar-refractivity contribution in [1.29, 1.82) is 0 Å². The maximum absolute atomic E-state index is 12.7. The number of allylic oxidation sites excluding steroid dienone is 2. The first-order valence-corrected chi connectivity index (χ1v) is 9.56. The second kappa shape index (κ2) is 7.35. The van der Waals surface area contributed by atoms with Crippen LogP contribution in [0.3, 0.4) is 0 Å². The molecule has 0 radical (unpaired) electrons. The largest absolute Gasteiger partial charge is 0.497 e. The summed E-state index contributed by atoms with van der Waals surface area (Å²) in [7, 11) is 1.54. The van der Waals surface area contributed by atoms with Crippen LogP contribution in [0.15, 0.2) is 36.4 Å². The van der Waals surface area contributed by atoms with Crippen LogP contribution in [0.2, 0.25) is 0 Å². The van der Waals surface area contributed by atoms with Crippen molar-refractivity contribution in [1.82, 2.24) is 4.90 Å². The van der Waals surface area contributed by atoms with E-state index >= 15 is 0 Å². The highest BCUT2D eigenvalue weighted by atomic mass is 16.5. The van der Waals surface area contributed by atoms with E-state index in [1.54, 1.807) is 31.4 Å². The van der Waals surface area contributed by atoms with Gasteiger partial charge in [-0.05, 0) is 49.4 Å². The van der Waals surface area contributed by atoms with Crippen LogP contribution in [0.25, 0.3) is 0 Å². The van der Waals surface area contributed by atoms with Crippen molar-refractivity contribution in [2.75, 3.05) is 19.0 Å². The van der Waals surface area contributed by atoms with Gasteiger partial charge in [0.2, 0.25) is 11.8 Å². The summed E-state index contributed by atoms with van der Waals surface area (Å²) >= 11 is 0. The van der Waals surface area contributed by atoms with E-state index in [1.807, 2.05) is 12.2 Å². The highest BCUT2D eigenvalue weighted by Crippen LogP contribution is 2.52. The maximum atomic E-state index is 12.7. The highest BCUT2D eigenvalue weighted by Gasteiger charge is 2.60. The molecule has 3 amide bonds. The van der Waals surface area contributed by atoms with E-state index in [0.717, 1.165) is 11.3 Å². The lowest BCUT2D eigenvalue weighted by molar-refractivity contribution is -0.159. The number of likely N-dealkylation sites (tertiary alicyclic amines) is 1. The molecule has 0 aromatic heterocycles. The third kappa shape index (κ3) is 3.28. The monoisotopic (exact) mass is 398 g/mol. The van der Waals surface area contributed by atoms with E-state index in [9.17, 15) is 19.2 Å². The molecular weight excluding hydrogens is 376 g/mol. The van der Waals surface area contributed by atoms with Crippen LogP contribution >= 0.6 is 0 Å². The van der Waals surface area contributed by atoms with Gasteiger partial charge in [0.15, 0.2) is 6.61 Å². The predicted octanol–water partition coefficient (Wildman–Crippen LogP) is 1.37. The summed E-state index contributed by atoms with van der Waals surface area (Å²) in [6, 6.07) is 5.63. The average Bonchev–Trinajstić information content (AvgIpc) is 3.40. The first-order valence-electron chi connectivity index (χ1n) is 9.56. The van der Waals surface area contributed by atoms with E-state index in [2.05, 4.69) is 5.32 Å². The Hall–Kier alpha value is -3.16. The summed E-state index contributed by atoms with van der Waals surface area (Å²) in [6.07, 6.45) is 4.81. The van der Waals surface area contributed by atoms with E-state index < -0.39 is 24.5 Å². The van der Waals surface area contributed by atoms with Gasteiger partial charge in [-0.2, -0.15) is 0 Å². The normalized spacial score (nSPS) is 27.7. The van der Waals surface area contributed by atoms with E-state index in [4.69, 9.17) is 9.47 Å². The molecule has 5 atom stereocenters. The Bertz CT molecular complexity index is 863. The van der Waals surface area contributed by atoms with Crippen molar-refractivity contribution < 1.29 is 28.7 Å². The molecule has 0 spiro atoms. The smallest absolute Gasteiger partial charge is 0.329 e. The lowest BCUT2D eigenvalue weighted by Crippen LogP contribution is -2.45. The zero-order valence-corrected chi connectivity index (χ0v) is 16.2. The van der Waals surface area contributed by atoms with Gasteiger partial charge in [-0.3, -0.25) is 19.3 Å². The molecule has 4 rings (SSSR count). The Morgan fingerprint density at radius 3 is 2.24 bits per heavy atom. The molecule has 152 valence electrons. The number of ether oxygens (including phenoxy) is 2. The second-order valence-electron chi connectivity index (χ2n) is 7.61. The van der Waals surface area contributed by atoms with Crippen molar-refractivity contribution in [3.8, 4) is 5.75 Å². The third-order valence-electron chi connectivity index (χ3n) is 5.95. The van der Waals surface area contributed by atoms with E-state index in [-0.39, 0.29) is 35.5 Å². The Morgan fingerprint density at radius 1 is 1.10 bits per heavy atom. The van der Waals surface area contributed by atoms with Gasteiger partial charge in [0.1, 0.15) is 11.8 Å². The number of nitrogens with one attached hydrogen (secondary N) is 1. The Morgan fingerprint density at radius 2 is 1.69 bits per heavy atom. The van der Waals surface area contributed by atoms with Gasteiger partial charge in [0.05, 0.1) is 18.9 Å². The first kappa shape index (κ1) is 19.2. The molecule has 29 heavy (non-hydrogen) atoms. The van der Waals surface area contributed by atoms with Crippen molar-refractivity contribution in [3.05, 3.63) is 36.4 Å². The van der Waals surface area contributed by atoms with Crippen LogP contribution in [0.4, 0.5) is 5.69 Å². The molecule has 1 saturated carbocycles. The lowest BCUT2D eigenvalue weighted by atomic mass is 9.85. The number of anilines is 1. The fraction of sp³-hybridized carbons (Fsp3) is 0.429. The number of fused-ring (bicyclic) bond motifs is 5. The summed E-state index contributed by atoms with van der Waals surface area (Å²) in [6.45, 7) is 0.945. The van der Waals surface area contributed by atoms with Crippen LogP contribution in [-0.2, 0) is 23.9 Å². The molecule has 0 unspecified atom stereocenters. The van der Waals surface area contributed by atoms with Gasteiger partial charge in [-0.15, -0.1) is 0 Å². The summed E-state index contributed by atoms with van der Waals surface area (Å²) in [4.78, 5) is 50.9. The predicted molar refractivity (Wildman–Crippen MR) is 102 cm³/mol. The van der Waals surface area contributed by atoms with E-state index in [0.29, 0.717) is 11.4 Å². The minimum Gasteiger partial charge on any atom is -0.497 e. The van der Waals surface area contributed by atoms with Crippen molar-refractivity contribution >= 4 is 29.4 Å². The number of methoxy groups -OCH3 is 1. The molecule has 1 aliphatic heterocycles. The fourth-order valence-corrected chi connectivity index (χ4v) is 4.54. The number of hydrogen-bond donors (Lipinski definition) is 1. The minimum atomic E-state index is -1.06. The summed E-state index contributed by atoms with van der Waals surface area (Å²) in [5.74, 6) is -1.87. The van der Waals surface area contributed by atoms with Gasteiger partial charge in [0, 0.05) is 5.69 Å². The number of esters is 1. The first-order chi connectivity index (χ1) is 13.9. The number of amides is 3. The topological polar surface area (TPSA) is 102 Å². The molecule has 8 heteroatoms. The number of hydrogen-bond acceptors (Lipinski definition) is 6. The van der Waals surface area contributed by atoms with Gasteiger partial charge in [-0.25, -0.2) is 4.79 Å². The minimum absolute atomic E-state index is 0.0740. The Kier molecular flexibility index (Phi) is 4.86. The lowest BCUT2D eigenvalue weighted by Gasteiger charge is -2.23. The highest BCUT2D eigenvalue weighted by molar-refractivity contribution is 6.09. The summed E-state index contributed by atoms with van der Waals surface area (Å²) in [5, 5.41) is 2.60. The number of rotatable bonds is 6. The van der Waals surface area contributed by atoms with Crippen LogP contribution < -0.4 is 10.1 Å². The maximum Gasteiger partial charge on any atom is 0.329 e. The van der Waals surface area contributed by atoms with Crippen LogP contribution in [0, 0.1) is 23.7 Å². The second-order valence-corrected chi connectivity index (χ2v) is 7.61. The van der Waals surface area contributed by atoms with E-state index in [1.165, 1.54) is 6.92 Å². The number of benzene rings is 1. The molecule has 1 aromatic carbocycles. The van der Waals surface area contributed by atoms with Crippen molar-refractivity contribution in [2.45, 2.75) is 19.4 Å². The molecule has 3 aliphatic rings. The molecule has 1 aromatic rings. The summed E-state index contributed by atoms with van der Waals surface area (Å²) < 4.78 is 10.1. The van der Waals surface area contributed by atoms with Crippen molar-refractivity contribution in [3.63, 3.8) is 0 Å². The van der Waals surface area contributed by atoms with Gasteiger partial charge < -0.3 is 14.8 Å². The molecule has 1 saturated heterocycles. The standard InChI is InChI=1S/C21H22N2O6/c1-11(23-19(25)17-12-3-4-13(9-12)18(17)20(23)26)21(27)29-10-16(24)22-14-5-7-15(28-2)8-6-14/h3-8,11-13,17-18H,9-10H2,1-2H3,(H,22,24)/t11-,12+,13+,17-,18+/m1/s1. The zero-order valence-electron chi connectivity index (χ0n) is 16.2. The molecule has 2 fully saturated rings. The Balaban J connectivity index is 1.32. The van der Waals surface area contributed by atoms with Gasteiger partial charge in [-0.1, -0.05) is 12.2 Å². The average molecular weight is 398 g/mol. The summed E-state index contributed by atoms with van der Waals surface area (Å²) in [5.41, 5.74) is 0.528. The molecule has 1 heterocycles. The van der Waals surface area contributed by atoms with Crippen LogP contribution in [0.5, 0.6) is 5.75 Å². The van der Waals surface area contributed by atoms with Gasteiger partial charge >= 0.3 is 5.97 Å². The molecule has 2 aliphatic carbocycles. The quantitative estimate of drug-likeness (QED) is 0.441. The SMILES string of the molecule is COc1ccc(NC(=O)COC(=O)[C@@H](C)N2C(=O)[C@@H]3[C@H](C2=O)[C@H]2C=C[C@H]3C2)cc1. The number of imide groups is 1. The fourth-order valence-electron chi connectivity index (χ4n) is 4.54. The van der Waals surface area contributed by atoms with Crippen LogP contribution in [-0.4, -0.2) is 48.3 Å². The molecule has 2 bridgehead atoms. The Labute approximate surface area is 167 Å². The van der Waals surface area contributed by atoms with Crippen LogP contribution in [0.1, 0.15) is 13.3 Å².